The van der Waals surface area contributed by atoms with Gasteiger partial charge in [0.1, 0.15) is 0 Å². The fraction of sp³-hybridized carbons (Fsp3) is 0.423. The average Bonchev–Trinajstić information content (AvgIpc) is 3.21. The van der Waals surface area contributed by atoms with Gasteiger partial charge in [-0.05, 0) is 62.3 Å². The molecule has 5 rings (SSSR count). The van der Waals surface area contributed by atoms with Crippen LogP contribution in [0.15, 0.2) is 54.7 Å². The molecule has 1 aromatic heterocycles. The number of anilines is 2. The van der Waals surface area contributed by atoms with Crippen LogP contribution in [-0.2, 0) is 11.2 Å². The first-order valence-corrected chi connectivity index (χ1v) is 11.5. The van der Waals surface area contributed by atoms with Crippen molar-refractivity contribution in [3.63, 3.8) is 0 Å². The highest BCUT2D eigenvalue weighted by molar-refractivity contribution is 5.98. The molecule has 2 aliphatic heterocycles. The molecule has 1 fully saturated rings. The number of para-hydroxylation sites is 3. The summed E-state index contributed by atoms with van der Waals surface area (Å²) in [7, 11) is 0. The molecule has 4 heteroatoms. The first-order chi connectivity index (χ1) is 14.8. The van der Waals surface area contributed by atoms with E-state index in [1.165, 1.54) is 41.4 Å². The third kappa shape index (κ3) is 3.71. The Bertz CT molecular complexity index is 1020. The Morgan fingerprint density at radius 2 is 1.80 bits per heavy atom. The van der Waals surface area contributed by atoms with Crippen LogP contribution < -0.4 is 9.80 Å². The zero-order valence-corrected chi connectivity index (χ0v) is 17.6. The Morgan fingerprint density at radius 1 is 0.967 bits per heavy atom. The summed E-state index contributed by atoms with van der Waals surface area (Å²) >= 11 is 0. The van der Waals surface area contributed by atoms with E-state index in [9.17, 15) is 4.79 Å². The lowest BCUT2D eigenvalue weighted by Gasteiger charge is -2.46. The van der Waals surface area contributed by atoms with Crippen molar-refractivity contribution in [1.82, 2.24) is 4.98 Å². The molecule has 2 aromatic carbocycles. The summed E-state index contributed by atoms with van der Waals surface area (Å²) in [6.45, 7) is 1.97. The van der Waals surface area contributed by atoms with E-state index in [1.54, 1.807) is 0 Å². The van der Waals surface area contributed by atoms with E-state index in [2.05, 4.69) is 69.5 Å². The second kappa shape index (κ2) is 8.55. The van der Waals surface area contributed by atoms with Gasteiger partial charge in [-0.1, -0.05) is 36.8 Å². The van der Waals surface area contributed by atoms with Crippen LogP contribution in [0.25, 0.3) is 10.9 Å². The molecule has 30 heavy (non-hydrogen) atoms. The standard InChI is InChI=1S/C26H31N3O/c30-26(16-3-1-2-10-20-18-27-23-13-5-4-12-22(20)23)29-19-21-11-8-9-17-28(21)24-14-6-7-15-25(24)29/h4-7,12-15,18,21,27H,1-3,8-11,16-17,19H2. The highest BCUT2D eigenvalue weighted by Crippen LogP contribution is 2.38. The van der Waals surface area contributed by atoms with E-state index in [1.807, 2.05) is 0 Å². The van der Waals surface area contributed by atoms with Gasteiger partial charge in [-0.25, -0.2) is 0 Å². The maximum absolute atomic E-state index is 13.1. The van der Waals surface area contributed by atoms with Crippen molar-refractivity contribution in [3.8, 4) is 0 Å². The number of nitrogens with one attached hydrogen (secondary N) is 1. The number of carbonyl (C=O) groups excluding carboxylic acids is 1. The quantitative estimate of drug-likeness (QED) is 0.540. The van der Waals surface area contributed by atoms with Crippen LogP contribution in [0.3, 0.4) is 0 Å². The summed E-state index contributed by atoms with van der Waals surface area (Å²) in [5.41, 5.74) is 4.96. The smallest absolute Gasteiger partial charge is 0.227 e. The van der Waals surface area contributed by atoms with Gasteiger partial charge in [-0.15, -0.1) is 0 Å². The number of carbonyl (C=O) groups is 1. The van der Waals surface area contributed by atoms with Crippen molar-refractivity contribution in [2.24, 2.45) is 0 Å². The van der Waals surface area contributed by atoms with Gasteiger partial charge < -0.3 is 14.8 Å². The fourth-order valence-electron chi connectivity index (χ4n) is 5.23. The lowest BCUT2D eigenvalue weighted by molar-refractivity contribution is -0.118. The van der Waals surface area contributed by atoms with Crippen molar-refractivity contribution >= 4 is 28.2 Å². The summed E-state index contributed by atoms with van der Waals surface area (Å²) in [5, 5.41) is 1.33. The molecule has 1 N–H and O–H groups in total. The van der Waals surface area contributed by atoms with Crippen LogP contribution in [0.4, 0.5) is 11.4 Å². The minimum atomic E-state index is 0.291. The number of H-pyrrole nitrogens is 1. The SMILES string of the molecule is O=C(CCCCCc1c[nH]c2ccccc12)N1CC2CCCCN2c2ccccc21. The van der Waals surface area contributed by atoms with Gasteiger partial charge in [-0.2, -0.15) is 0 Å². The van der Waals surface area contributed by atoms with Gasteiger partial charge in [0.05, 0.1) is 11.4 Å². The Labute approximate surface area is 178 Å². The number of rotatable bonds is 6. The summed E-state index contributed by atoms with van der Waals surface area (Å²) < 4.78 is 0. The minimum Gasteiger partial charge on any atom is -0.365 e. The molecule has 4 nitrogen and oxygen atoms in total. The molecule has 3 heterocycles. The molecule has 1 amide bonds. The number of aromatic amines is 1. The second-order valence-electron chi connectivity index (χ2n) is 8.76. The van der Waals surface area contributed by atoms with Gasteiger partial charge in [0.15, 0.2) is 0 Å². The first-order valence-electron chi connectivity index (χ1n) is 11.5. The number of piperidine rings is 1. The van der Waals surface area contributed by atoms with Crippen molar-refractivity contribution in [2.45, 2.75) is 57.4 Å². The predicted octanol–water partition coefficient (Wildman–Crippen LogP) is 5.68. The van der Waals surface area contributed by atoms with E-state index >= 15 is 0 Å². The summed E-state index contributed by atoms with van der Waals surface area (Å²) in [6.07, 6.45) is 10.8. The van der Waals surface area contributed by atoms with Crippen LogP contribution in [0, 0.1) is 0 Å². The zero-order chi connectivity index (χ0) is 20.3. The van der Waals surface area contributed by atoms with Crippen LogP contribution in [0.2, 0.25) is 0 Å². The average molecular weight is 402 g/mol. The summed E-state index contributed by atoms with van der Waals surface area (Å²) in [5.74, 6) is 0.291. The number of unbranched alkanes of at least 4 members (excludes halogenated alkanes) is 2. The number of benzene rings is 2. The van der Waals surface area contributed by atoms with Crippen LogP contribution in [-0.4, -0.2) is 30.0 Å². The molecule has 3 aromatic rings. The number of fused-ring (bicyclic) bond motifs is 4. The molecule has 1 saturated heterocycles. The number of hydrogen-bond donors (Lipinski definition) is 1. The van der Waals surface area contributed by atoms with Gasteiger partial charge in [0.25, 0.3) is 0 Å². The molecule has 0 radical (unpaired) electrons. The Hall–Kier alpha value is -2.75. The molecule has 0 spiro atoms. The molecule has 2 aliphatic rings. The van der Waals surface area contributed by atoms with Crippen molar-refractivity contribution in [2.75, 3.05) is 22.9 Å². The Kier molecular flexibility index (Phi) is 5.48. The van der Waals surface area contributed by atoms with Crippen molar-refractivity contribution in [1.29, 1.82) is 0 Å². The zero-order valence-electron chi connectivity index (χ0n) is 17.6. The van der Waals surface area contributed by atoms with Crippen LogP contribution >= 0.6 is 0 Å². The third-order valence-corrected chi connectivity index (χ3v) is 6.82. The van der Waals surface area contributed by atoms with E-state index in [-0.39, 0.29) is 0 Å². The molecule has 0 bridgehead atoms. The lowest BCUT2D eigenvalue weighted by Crippen LogP contribution is -2.52. The predicted molar refractivity (Wildman–Crippen MR) is 124 cm³/mol. The second-order valence-corrected chi connectivity index (χ2v) is 8.76. The Balaban J connectivity index is 1.16. The maximum Gasteiger partial charge on any atom is 0.227 e. The van der Waals surface area contributed by atoms with Crippen LogP contribution in [0.5, 0.6) is 0 Å². The monoisotopic (exact) mass is 401 g/mol. The van der Waals surface area contributed by atoms with Gasteiger partial charge in [-0.3, -0.25) is 4.79 Å². The first kappa shape index (κ1) is 19.2. The molecular formula is C26H31N3O. The van der Waals surface area contributed by atoms with Gasteiger partial charge in [0.2, 0.25) is 5.91 Å². The number of hydrogen-bond acceptors (Lipinski definition) is 2. The highest BCUT2D eigenvalue weighted by atomic mass is 16.2. The van der Waals surface area contributed by atoms with Crippen molar-refractivity contribution < 1.29 is 4.79 Å². The largest absolute Gasteiger partial charge is 0.365 e. The van der Waals surface area contributed by atoms with Crippen LogP contribution in [0.1, 0.15) is 50.5 Å². The highest BCUT2D eigenvalue weighted by Gasteiger charge is 2.34. The van der Waals surface area contributed by atoms with Gasteiger partial charge in [0, 0.05) is 42.7 Å². The molecule has 0 aliphatic carbocycles. The molecule has 0 saturated carbocycles. The normalized spacial score (nSPS) is 18.3. The Morgan fingerprint density at radius 3 is 2.73 bits per heavy atom. The van der Waals surface area contributed by atoms with Gasteiger partial charge >= 0.3 is 0 Å². The number of nitrogens with zero attached hydrogens (tertiary/aromatic N) is 2. The third-order valence-electron chi connectivity index (χ3n) is 6.82. The number of amides is 1. The number of aryl methyl sites for hydroxylation is 1. The van der Waals surface area contributed by atoms with E-state index < -0.39 is 0 Å². The summed E-state index contributed by atoms with van der Waals surface area (Å²) in [4.78, 5) is 21.1. The molecule has 1 atom stereocenters. The molecule has 1 unspecified atom stereocenters. The number of aromatic nitrogens is 1. The maximum atomic E-state index is 13.1. The summed E-state index contributed by atoms with van der Waals surface area (Å²) in [6, 6.07) is 17.4. The minimum absolute atomic E-state index is 0.291. The van der Waals surface area contributed by atoms with E-state index in [4.69, 9.17) is 0 Å². The molecule has 156 valence electrons. The fourth-order valence-corrected chi connectivity index (χ4v) is 5.23. The topological polar surface area (TPSA) is 39.3 Å². The molecular weight excluding hydrogens is 370 g/mol. The van der Waals surface area contributed by atoms with E-state index in [0.717, 1.165) is 44.5 Å². The lowest BCUT2D eigenvalue weighted by atomic mass is 9.96. The van der Waals surface area contributed by atoms with Crippen molar-refractivity contribution in [3.05, 3.63) is 60.3 Å². The van der Waals surface area contributed by atoms with E-state index in [0.29, 0.717) is 18.4 Å².